The van der Waals surface area contributed by atoms with E-state index in [9.17, 15) is 0 Å². The van der Waals surface area contributed by atoms with E-state index in [1.807, 2.05) is 12.5 Å². The molecule has 1 aliphatic rings. The molecular weight excluding hydrogens is 322 g/mol. The van der Waals surface area contributed by atoms with Crippen LogP contribution in [0.2, 0.25) is 0 Å². The summed E-state index contributed by atoms with van der Waals surface area (Å²) in [5.41, 5.74) is 2.22. The van der Waals surface area contributed by atoms with Gasteiger partial charge in [0.05, 0.1) is 19.5 Å². The molecule has 3 rings (SSSR count). The number of nitrogens with zero attached hydrogens (tertiary/aromatic N) is 3. The Balaban J connectivity index is 1.39. The molecule has 1 saturated heterocycles. The Morgan fingerprint density at radius 2 is 2.00 bits per heavy atom. The lowest BCUT2D eigenvalue weighted by Gasteiger charge is -2.29. The van der Waals surface area contributed by atoms with Crippen molar-refractivity contribution in [1.82, 2.24) is 14.9 Å². The quantitative estimate of drug-likeness (QED) is 0.618. The Morgan fingerprint density at radius 3 is 2.71 bits per heavy atom. The van der Waals surface area contributed by atoms with Crippen LogP contribution in [-0.4, -0.2) is 47.5 Å². The fraction of sp³-hybridized carbons (Fsp3) is 0.412. The zero-order chi connectivity index (χ0) is 16.6. The number of thiocarbonyl (C=S) groups is 1. The highest BCUT2D eigenvalue weighted by Gasteiger charge is 2.10. The second-order valence-electron chi connectivity index (χ2n) is 5.68. The number of anilines is 2. The summed E-state index contributed by atoms with van der Waals surface area (Å²) in [6.07, 6.45) is 6.58. The minimum Gasteiger partial charge on any atom is -0.378 e. The molecular formula is C17H23N5OS. The lowest BCUT2D eigenvalue weighted by molar-refractivity contribution is 0.122. The summed E-state index contributed by atoms with van der Waals surface area (Å²) in [6.45, 7) is 5.26. The van der Waals surface area contributed by atoms with Crippen molar-refractivity contribution in [2.45, 2.75) is 13.0 Å². The Hall–Kier alpha value is -2.12. The predicted molar refractivity (Wildman–Crippen MR) is 101 cm³/mol. The third-order valence-electron chi connectivity index (χ3n) is 3.94. The molecule has 24 heavy (non-hydrogen) atoms. The molecule has 0 bridgehead atoms. The third-order valence-corrected chi connectivity index (χ3v) is 4.19. The van der Waals surface area contributed by atoms with Gasteiger partial charge in [0.25, 0.3) is 0 Å². The fourth-order valence-corrected chi connectivity index (χ4v) is 2.85. The Morgan fingerprint density at radius 1 is 1.21 bits per heavy atom. The number of nitrogens with one attached hydrogen (secondary N) is 2. The minimum atomic E-state index is 0.653. The molecule has 1 fully saturated rings. The molecule has 0 radical (unpaired) electrons. The molecule has 2 aromatic rings. The van der Waals surface area contributed by atoms with Crippen molar-refractivity contribution in [1.29, 1.82) is 0 Å². The number of morpholine rings is 1. The number of hydrogen-bond donors (Lipinski definition) is 2. The molecule has 6 nitrogen and oxygen atoms in total. The van der Waals surface area contributed by atoms with Crippen LogP contribution >= 0.6 is 12.2 Å². The number of imidazole rings is 1. The molecule has 0 unspecified atom stereocenters. The van der Waals surface area contributed by atoms with Gasteiger partial charge in [-0.3, -0.25) is 0 Å². The van der Waals surface area contributed by atoms with Crippen LogP contribution in [-0.2, 0) is 11.3 Å². The van der Waals surface area contributed by atoms with Gasteiger partial charge in [-0.05, 0) is 42.9 Å². The van der Waals surface area contributed by atoms with Crippen LogP contribution in [0.1, 0.15) is 6.42 Å². The van der Waals surface area contributed by atoms with Crippen LogP contribution < -0.4 is 15.5 Å². The molecule has 1 aromatic carbocycles. The van der Waals surface area contributed by atoms with E-state index in [0.29, 0.717) is 5.11 Å². The SMILES string of the molecule is S=C(NCCCn1ccnc1)Nc1ccc(N2CCOCC2)cc1. The van der Waals surface area contributed by atoms with Crippen molar-refractivity contribution in [2.24, 2.45) is 0 Å². The summed E-state index contributed by atoms with van der Waals surface area (Å²) in [4.78, 5) is 6.36. The lowest BCUT2D eigenvalue weighted by Crippen LogP contribution is -2.36. The highest BCUT2D eigenvalue weighted by molar-refractivity contribution is 7.80. The number of ether oxygens (including phenoxy) is 1. The number of benzene rings is 1. The van der Waals surface area contributed by atoms with Gasteiger partial charge in [-0.1, -0.05) is 0 Å². The van der Waals surface area contributed by atoms with E-state index < -0.39 is 0 Å². The summed E-state index contributed by atoms with van der Waals surface area (Å²) in [6, 6.07) is 8.36. The minimum absolute atomic E-state index is 0.653. The second-order valence-corrected chi connectivity index (χ2v) is 6.09. The van der Waals surface area contributed by atoms with Crippen LogP contribution in [0.4, 0.5) is 11.4 Å². The van der Waals surface area contributed by atoms with Crippen LogP contribution in [0, 0.1) is 0 Å². The maximum absolute atomic E-state index is 5.38. The zero-order valence-corrected chi connectivity index (χ0v) is 14.5. The maximum atomic E-state index is 5.38. The monoisotopic (exact) mass is 345 g/mol. The summed E-state index contributed by atoms with van der Waals surface area (Å²) in [7, 11) is 0. The summed E-state index contributed by atoms with van der Waals surface area (Å²) < 4.78 is 7.44. The molecule has 2 N–H and O–H groups in total. The van der Waals surface area contributed by atoms with Crippen LogP contribution in [0.5, 0.6) is 0 Å². The largest absolute Gasteiger partial charge is 0.378 e. The van der Waals surface area contributed by atoms with Gasteiger partial charge in [-0.15, -0.1) is 0 Å². The molecule has 0 aliphatic carbocycles. The molecule has 0 spiro atoms. The van der Waals surface area contributed by atoms with E-state index in [2.05, 4.69) is 49.4 Å². The topological polar surface area (TPSA) is 54.4 Å². The van der Waals surface area contributed by atoms with E-state index in [-0.39, 0.29) is 0 Å². The molecule has 0 saturated carbocycles. The first kappa shape index (κ1) is 16.7. The smallest absolute Gasteiger partial charge is 0.170 e. The molecule has 7 heteroatoms. The van der Waals surface area contributed by atoms with Gasteiger partial charge in [0, 0.05) is 49.9 Å². The highest BCUT2D eigenvalue weighted by Crippen LogP contribution is 2.18. The van der Waals surface area contributed by atoms with Gasteiger partial charge in [0.2, 0.25) is 0 Å². The molecule has 0 atom stereocenters. The van der Waals surface area contributed by atoms with Gasteiger partial charge < -0.3 is 24.8 Å². The van der Waals surface area contributed by atoms with Crippen LogP contribution in [0.3, 0.4) is 0 Å². The van der Waals surface area contributed by atoms with Crippen LogP contribution in [0.25, 0.3) is 0 Å². The van der Waals surface area contributed by atoms with Crippen molar-refractivity contribution in [3.63, 3.8) is 0 Å². The van der Waals surface area contributed by atoms with Gasteiger partial charge in [-0.25, -0.2) is 4.98 Å². The average Bonchev–Trinajstić information content (AvgIpc) is 3.14. The second kappa shape index (κ2) is 8.65. The first-order chi connectivity index (χ1) is 11.8. The Bertz CT molecular complexity index is 623. The van der Waals surface area contributed by atoms with Crippen molar-refractivity contribution in [3.05, 3.63) is 43.0 Å². The summed E-state index contributed by atoms with van der Waals surface area (Å²) in [5.74, 6) is 0. The molecule has 1 aromatic heterocycles. The number of hydrogen-bond acceptors (Lipinski definition) is 4. The fourth-order valence-electron chi connectivity index (χ4n) is 2.63. The molecule has 1 aliphatic heterocycles. The zero-order valence-electron chi connectivity index (χ0n) is 13.6. The summed E-state index contributed by atoms with van der Waals surface area (Å²) >= 11 is 5.34. The van der Waals surface area contributed by atoms with Crippen LogP contribution in [0.15, 0.2) is 43.0 Å². The Labute approximate surface area is 147 Å². The van der Waals surface area contributed by atoms with Crippen molar-refractivity contribution in [2.75, 3.05) is 43.1 Å². The number of aromatic nitrogens is 2. The average molecular weight is 345 g/mol. The van der Waals surface area contributed by atoms with Crippen molar-refractivity contribution in [3.8, 4) is 0 Å². The highest BCUT2D eigenvalue weighted by atomic mass is 32.1. The molecule has 128 valence electrons. The number of aryl methyl sites for hydroxylation is 1. The Kier molecular flexibility index (Phi) is 6.03. The normalized spacial score (nSPS) is 14.4. The van der Waals surface area contributed by atoms with Gasteiger partial charge in [-0.2, -0.15) is 0 Å². The van der Waals surface area contributed by atoms with Crippen molar-refractivity contribution >= 4 is 28.7 Å². The predicted octanol–water partition coefficient (Wildman–Crippen LogP) is 2.10. The number of rotatable bonds is 6. The van der Waals surface area contributed by atoms with Crippen molar-refractivity contribution < 1.29 is 4.74 Å². The van der Waals surface area contributed by atoms with E-state index >= 15 is 0 Å². The summed E-state index contributed by atoms with van der Waals surface area (Å²) in [5, 5.41) is 7.11. The standard InChI is InChI=1S/C17H23N5OS/c24-17(19-6-1-8-21-9-7-18-14-21)20-15-2-4-16(5-3-15)22-10-12-23-13-11-22/h2-5,7,9,14H,1,6,8,10-13H2,(H2,19,20,24). The third kappa shape index (κ3) is 4.94. The van der Waals surface area contributed by atoms with E-state index in [1.54, 1.807) is 6.20 Å². The van der Waals surface area contributed by atoms with Gasteiger partial charge in [0.15, 0.2) is 5.11 Å². The lowest BCUT2D eigenvalue weighted by atomic mass is 10.2. The first-order valence-electron chi connectivity index (χ1n) is 8.24. The first-order valence-corrected chi connectivity index (χ1v) is 8.65. The van der Waals surface area contributed by atoms with E-state index in [1.165, 1.54) is 5.69 Å². The van der Waals surface area contributed by atoms with Gasteiger partial charge in [0.1, 0.15) is 0 Å². The maximum Gasteiger partial charge on any atom is 0.170 e. The molecule has 2 heterocycles. The molecule has 0 amide bonds. The van der Waals surface area contributed by atoms with Gasteiger partial charge >= 0.3 is 0 Å². The van der Waals surface area contributed by atoms with E-state index in [0.717, 1.165) is 51.5 Å². The van der Waals surface area contributed by atoms with E-state index in [4.69, 9.17) is 17.0 Å².